The van der Waals surface area contributed by atoms with Crippen molar-refractivity contribution in [2.45, 2.75) is 30.6 Å². The van der Waals surface area contributed by atoms with E-state index in [2.05, 4.69) is 0 Å². The zero-order valence-corrected chi connectivity index (χ0v) is 12.1. The van der Waals surface area contributed by atoms with E-state index in [0.29, 0.717) is 11.3 Å². The van der Waals surface area contributed by atoms with Gasteiger partial charge in [0.2, 0.25) is 0 Å². The van der Waals surface area contributed by atoms with Gasteiger partial charge in [-0.2, -0.15) is 0 Å². The second kappa shape index (κ2) is 5.10. The van der Waals surface area contributed by atoms with Crippen molar-refractivity contribution in [2.24, 2.45) is 0 Å². The Labute approximate surface area is 113 Å². The molecule has 1 aromatic heterocycles. The van der Waals surface area contributed by atoms with E-state index in [4.69, 9.17) is 16.4 Å². The molecular weight excluding hydrogens is 304 g/mol. The van der Waals surface area contributed by atoms with Gasteiger partial charge in [0.15, 0.2) is 4.34 Å². The van der Waals surface area contributed by atoms with Crippen LogP contribution in [0.3, 0.4) is 0 Å². The Hall–Kier alpha value is -0.740. The molecule has 0 atom stereocenters. The molecule has 0 spiro atoms. The topological polar surface area (TPSA) is 98.5 Å². The number of hydrogen-bond acceptors (Lipinski definition) is 6. The summed E-state index contributed by atoms with van der Waals surface area (Å²) in [5, 5.41) is 10.6. The van der Waals surface area contributed by atoms with E-state index >= 15 is 0 Å². The van der Waals surface area contributed by atoms with Crippen molar-refractivity contribution >= 4 is 38.6 Å². The molecule has 0 aromatic carbocycles. The molecule has 1 heterocycles. The smallest absolute Gasteiger partial charge is 0.281 e. The fourth-order valence-electron chi connectivity index (χ4n) is 0.816. The Kier molecular flexibility index (Phi) is 4.34. The predicted molar refractivity (Wildman–Crippen MR) is 67.1 cm³/mol. The molecule has 0 bridgehead atoms. The highest BCUT2D eigenvalue weighted by molar-refractivity contribution is 7.91. The average molecular weight is 315 g/mol. The molecule has 0 unspecified atom stereocenters. The van der Waals surface area contributed by atoms with Gasteiger partial charge in [0.05, 0.1) is 10.5 Å². The molecule has 0 saturated heterocycles. The van der Waals surface area contributed by atoms with E-state index in [1.54, 1.807) is 20.8 Å². The Morgan fingerprint density at radius 2 is 2.06 bits per heavy atom. The molecule has 0 aliphatic rings. The van der Waals surface area contributed by atoms with Crippen LogP contribution in [-0.2, 0) is 14.9 Å². The number of sulfonamides is 1. The van der Waals surface area contributed by atoms with Crippen LogP contribution >= 0.6 is 22.9 Å². The van der Waals surface area contributed by atoms with Gasteiger partial charge in [-0.05, 0) is 20.8 Å². The van der Waals surface area contributed by atoms with Crippen molar-refractivity contribution < 1.29 is 18.2 Å². The minimum Gasteiger partial charge on any atom is -0.281 e. The summed E-state index contributed by atoms with van der Waals surface area (Å²) in [5.74, 6) is 0. The first kappa shape index (κ1) is 15.3. The zero-order valence-electron chi connectivity index (χ0n) is 9.76. The van der Waals surface area contributed by atoms with Gasteiger partial charge in [-0.15, -0.1) is 11.3 Å². The molecular formula is C8H11ClN2O5S2. The fraction of sp³-hybridized carbons (Fsp3) is 0.500. The lowest BCUT2D eigenvalue weighted by atomic mass is 10.2. The van der Waals surface area contributed by atoms with E-state index in [0.717, 1.165) is 6.07 Å². The molecule has 7 nitrogen and oxygen atoms in total. The average Bonchev–Trinajstić information content (AvgIpc) is 2.57. The van der Waals surface area contributed by atoms with Crippen LogP contribution < -0.4 is 4.89 Å². The largest absolute Gasteiger partial charge is 0.300 e. The molecule has 1 rings (SSSR count). The normalized spacial score (nSPS) is 12.7. The zero-order chi connectivity index (χ0) is 14.1. The summed E-state index contributed by atoms with van der Waals surface area (Å²) in [6.07, 6.45) is 0. The van der Waals surface area contributed by atoms with Gasteiger partial charge in [0.25, 0.3) is 15.7 Å². The maximum Gasteiger partial charge on any atom is 0.300 e. The monoisotopic (exact) mass is 314 g/mol. The third kappa shape index (κ3) is 3.89. The molecule has 0 fully saturated rings. The van der Waals surface area contributed by atoms with Crippen molar-refractivity contribution in [3.05, 3.63) is 20.5 Å². The highest BCUT2D eigenvalue weighted by Crippen LogP contribution is 2.36. The molecule has 0 radical (unpaired) electrons. The van der Waals surface area contributed by atoms with Crippen LogP contribution in [-0.4, -0.2) is 18.9 Å². The molecule has 102 valence electrons. The minimum absolute atomic E-state index is 0.198. The van der Waals surface area contributed by atoms with Crippen LogP contribution in [0.4, 0.5) is 5.69 Å². The van der Waals surface area contributed by atoms with Gasteiger partial charge in [-0.25, -0.2) is 8.42 Å². The number of rotatable bonds is 4. The van der Waals surface area contributed by atoms with E-state index in [1.165, 1.54) is 0 Å². The number of nitro groups is 1. The second-order valence-electron chi connectivity index (χ2n) is 4.28. The molecule has 10 heteroatoms. The molecule has 0 amide bonds. The van der Waals surface area contributed by atoms with E-state index < -0.39 is 26.2 Å². The van der Waals surface area contributed by atoms with Gasteiger partial charge in [-0.1, -0.05) is 16.5 Å². The van der Waals surface area contributed by atoms with Gasteiger partial charge in [0, 0.05) is 6.07 Å². The molecule has 0 saturated carbocycles. The third-order valence-corrected chi connectivity index (χ3v) is 4.56. The fourth-order valence-corrected chi connectivity index (χ4v) is 3.41. The standard InChI is InChI=1S/C8H11ClN2O5S2/c1-8(2,3)16-10-18(14,15)6-4-5(11(12)13)7(9)17-6/h4,10H,1-3H3. The summed E-state index contributed by atoms with van der Waals surface area (Å²) in [6.45, 7) is 4.96. The second-order valence-corrected chi connectivity index (χ2v) is 7.81. The predicted octanol–water partition coefficient (Wildman–Crippen LogP) is 2.32. The van der Waals surface area contributed by atoms with Crippen LogP contribution in [0.5, 0.6) is 0 Å². The van der Waals surface area contributed by atoms with Gasteiger partial charge < -0.3 is 0 Å². The van der Waals surface area contributed by atoms with Crippen LogP contribution in [0.1, 0.15) is 20.8 Å². The minimum atomic E-state index is -3.97. The Balaban J connectivity index is 2.99. The molecule has 0 aliphatic carbocycles. The van der Waals surface area contributed by atoms with Crippen molar-refractivity contribution in [3.8, 4) is 0 Å². The van der Waals surface area contributed by atoms with Gasteiger partial charge >= 0.3 is 0 Å². The number of halogens is 1. The van der Waals surface area contributed by atoms with Gasteiger partial charge in [0.1, 0.15) is 4.21 Å². The number of thiophene rings is 1. The van der Waals surface area contributed by atoms with E-state index in [-0.39, 0.29) is 8.55 Å². The number of nitrogens with one attached hydrogen (secondary N) is 1. The molecule has 18 heavy (non-hydrogen) atoms. The first-order valence-corrected chi connectivity index (χ1v) is 7.34. The highest BCUT2D eigenvalue weighted by Gasteiger charge is 2.26. The Morgan fingerprint density at radius 3 is 2.44 bits per heavy atom. The van der Waals surface area contributed by atoms with Crippen LogP contribution in [0.25, 0.3) is 0 Å². The molecule has 1 N–H and O–H groups in total. The Bertz CT molecular complexity index is 561. The van der Waals surface area contributed by atoms with E-state index in [9.17, 15) is 18.5 Å². The lowest BCUT2D eigenvalue weighted by Crippen LogP contribution is -2.33. The van der Waals surface area contributed by atoms with Crippen LogP contribution in [0.2, 0.25) is 4.34 Å². The lowest BCUT2D eigenvalue weighted by molar-refractivity contribution is -0.384. The van der Waals surface area contributed by atoms with Crippen molar-refractivity contribution in [3.63, 3.8) is 0 Å². The maximum absolute atomic E-state index is 11.8. The summed E-state index contributed by atoms with van der Waals surface area (Å²) >= 11 is 6.17. The van der Waals surface area contributed by atoms with Crippen molar-refractivity contribution in [1.82, 2.24) is 4.89 Å². The SMILES string of the molecule is CC(C)(C)ONS(=O)(=O)c1cc([N+](=O)[O-])c(Cl)s1. The number of nitrogens with zero attached hydrogens (tertiary/aromatic N) is 1. The van der Waals surface area contributed by atoms with Crippen molar-refractivity contribution in [2.75, 3.05) is 0 Å². The molecule has 1 aromatic rings. The third-order valence-electron chi connectivity index (χ3n) is 1.57. The quantitative estimate of drug-likeness (QED) is 0.679. The van der Waals surface area contributed by atoms with Crippen LogP contribution in [0, 0.1) is 10.1 Å². The molecule has 0 aliphatic heterocycles. The Morgan fingerprint density at radius 1 is 1.50 bits per heavy atom. The highest BCUT2D eigenvalue weighted by atomic mass is 35.5. The summed E-state index contributed by atoms with van der Waals surface area (Å²) in [6, 6.07) is 0.890. The first-order valence-electron chi connectivity index (χ1n) is 4.66. The lowest BCUT2D eigenvalue weighted by Gasteiger charge is -2.18. The summed E-state index contributed by atoms with van der Waals surface area (Å²) < 4.78 is 23.0. The van der Waals surface area contributed by atoms with Crippen LogP contribution in [0.15, 0.2) is 10.3 Å². The van der Waals surface area contributed by atoms with Gasteiger partial charge in [-0.3, -0.25) is 15.0 Å². The summed E-state index contributed by atoms with van der Waals surface area (Å²) in [7, 11) is -3.97. The summed E-state index contributed by atoms with van der Waals surface area (Å²) in [4.78, 5) is 16.6. The summed E-state index contributed by atoms with van der Waals surface area (Å²) in [5.41, 5.74) is -1.17. The first-order chi connectivity index (χ1) is 8.03. The number of hydrogen-bond donors (Lipinski definition) is 1. The maximum atomic E-state index is 11.8. The van der Waals surface area contributed by atoms with E-state index in [1.807, 2.05) is 4.89 Å². The van der Waals surface area contributed by atoms with Crippen molar-refractivity contribution in [1.29, 1.82) is 0 Å².